The van der Waals surface area contributed by atoms with Crippen molar-refractivity contribution in [3.8, 4) is 0 Å². The van der Waals surface area contributed by atoms with E-state index in [1.807, 2.05) is 55.2 Å². The van der Waals surface area contributed by atoms with Crippen LogP contribution < -0.4 is 0 Å². The lowest BCUT2D eigenvalue weighted by molar-refractivity contribution is 0.563. The molecule has 0 N–H and O–H groups in total. The quantitative estimate of drug-likeness (QED) is 0.681. The van der Waals surface area contributed by atoms with Crippen LogP contribution in [0.3, 0.4) is 0 Å². The maximum absolute atomic E-state index is 5.54. The van der Waals surface area contributed by atoms with Gasteiger partial charge in [-0.05, 0) is 25.5 Å². The maximum Gasteiger partial charge on any atom is 0.115 e. The van der Waals surface area contributed by atoms with Crippen LogP contribution in [0.25, 0.3) is 0 Å². The van der Waals surface area contributed by atoms with E-state index in [0.717, 1.165) is 22.1 Å². The second-order valence-corrected chi connectivity index (χ2v) is 5.91. The Hall–Kier alpha value is -1.65. The van der Waals surface area contributed by atoms with Crippen LogP contribution in [0, 0.1) is 6.92 Å². The molecule has 1 unspecified atom stereocenters. The Labute approximate surface area is 134 Å². The van der Waals surface area contributed by atoms with E-state index >= 15 is 0 Å². The van der Waals surface area contributed by atoms with Gasteiger partial charge in [0.05, 0.1) is 18.1 Å². The highest BCUT2D eigenvalue weighted by Crippen LogP contribution is 2.23. The van der Waals surface area contributed by atoms with Gasteiger partial charge in [0.25, 0.3) is 0 Å². The van der Waals surface area contributed by atoms with Crippen molar-refractivity contribution in [3.63, 3.8) is 0 Å². The number of aryl methyl sites for hydroxylation is 1. The molecule has 0 bridgehead atoms. The summed E-state index contributed by atoms with van der Waals surface area (Å²) in [7, 11) is 0. The molecule has 0 spiro atoms. The predicted octanol–water partition coefficient (Wildman–Crippen LogP) is 4.99. The number of rotatable bonds is 3. The van der Waals surface area contributed by atoms with E-state index < -0.39 is 0 Å². The number of halogens is 1. The SMILES string of the molecule is CCC(c1nccs1)n1cnc(C)c1.Clc1ccccc1. The van der Waals surface area contributed by atoms with Crippen LogP contribution in [-0.4, -0.2) is 14.5 Å². The third-order valence-electron chi connectivity index (χ3n) is 2.95. The number of imidazole rings is 1. The summed E-state index contributed by atoms with van der Waals surface area (Å²) in [5.74, 6) is 0. The summed E-state index contributed by atoms with van der Waals surface area (Å²) in [6, 6.07) is 9.79. The van der Waals surface area contributed by atoms with Crippen LogP contribution >= 0.6 is 22.9 Å². The second-order valence-electron chi connectivity index (χ2n) is 4.55. The topological polar surface area (TPSA) is 30.7 Å². The van der Waals surface area contributed by atoms with Crippen molar-refractivity contribution in [2.24, 2.45) is 0 Å². The van der Waals surface area contributed by atoms with E-state index in [1.165, 1.54) is 0 Å². The molecule has 3 aromatic rings. The number of hydrogen-bond donors (Lipinski definition) is 0. The fourth-order valence-electron chi connectivity index (χ4n) is 1.94. The zero-order valence-electron chi connectivity index (χ0n) is 12.1. The summed E-state index contributed by atoms with van der Waals surface area (Å²) in [6.07, 6.45) is 6.84. The maximum atomic E-state index is 5.54. The average Bonchev–Trinajstić information content (AvgIpc) is 3.14. The van der Waals surface area contributed by atoms with Crippen LogP contribution in [0.4, 0.5) is 0 Å². The molecule has 1 aromatic carbocycles. The van der Waals surface area contributed by atoms with E-state index in [0.29, 0.717) is 6.04 Å². The standard InChI is InChI=1S/C10H13N3S.C6H5Cl/c1-3-9(10-11-4-5-14-10)13-6-8(2)12-7-13;7-6-4-2-1-3-5-6/h4-7,9H,3H2,1-2H3;1-5H. The summed E-state index contributed by atoms with van der Waals surface area (Å²) < 4.78 is 2.13. The minimum absolute atomic E-state index is 0.344. The fraction of sp³-hybridized carbons (Fsp3) is 0.250. The lowest BCUT2D eigenvalue weighted by Crippen LogP contribution is -2.06. The van der Waals surface area contributed by atoms with Gasteiger partial charge in [-0.2, -0.15) is 0 Å². The molecule has 0 saturated heterocycles. The van der Waals surface area contributed by atoms with Gasteiger partial charge in [-0.25, -0.2) is 9.97 Å². The first-order valence-electron chi connectivity index (χ1n) is 6.80. The molecular formula is C16H18ClN3S. The molecule has 3 rings (SSSR count). The Morgan fingerprint density at radius 1 is 1.24 bits per heavy atom. The molecule has 0 aliphatic rings. The monoisotopic (exact) mass is 319 g/mol. The lowest BCUT2D eigenvalue weighted by Gasteiger charge is -2.12. The molecule has 2 heterocycles. The van der Waals surface area contributed by atoms with Crippen molar-refractivity contribution < 1.29 is 0 Å². The first kappa shape index (κ1) is 15.7. The molecule has 2 aromatic heterocycles. The molecule has 110 valence electrons. The van der Waals surface area contributed by atoms with E-state index in [4.69, 9.17) is 11.6 Å². The molecule has 5 heteroatoms. The van der Waals surface area contributed by atoms with Gasteiger partial charge in [0.1, 0.15) is 5.01 Å². The van der Waals surface area contributed by atoms with Crippen molar-refractivity contribution >= 4 is 22.9 Å². The summed E-state index contributed by atoms with van der Waals surface area (Å²) >= 11 is 7.24. The fourth-order valence-corrected chi connectivity index (χ4v) is 2.91. The number of hydrogen-bond acceptors (Lipinski definition) is 3. The number of thiazole rings is 1. The molecule has 0 fully saturated rings. The van der Waals surface area contributed by atoms with Crippen LogP contribution in [0.1, 0.15) is 30.1 Å². The lowest BCUT2D eigenvalue weighted by atomic mass is 10.2. The van der Waals surface area contributed by atoms with Crippen molar-refractivity contribution in [1.29, 1.82) is 0 Å². The van der Waals surface area contributed by atoms with E-state index in [-0.39, 0.29) is 0 Å². The van der Waals surface area contributed by atoms with Gasteiger partial charge in [0.15, 0.2) is 0 Å². The summed E-state index contributed by atoms with van der Waals surface area (Å²) in [6.45, 7) is 4.17. The zero-order valence-corrected chi connectivity index (χ0v) is 13.7. The highest BCUT2D eigenvalue weighted by Gasteiger charge is 2.13. The molecule has 0 aliphatic carbocycles. The van der Waals surface area contributed by atoms with Gasteiger partial charge < -0.3 is 4.57 Å². The minimum atomic E-state index is 0.344. The van der Waals surface area contributed by atoms with Crippen molar-refractivity contribution in [2.75, 3.05) is 0 Å². The molecule has 1 atom stereocenters. The van der Waals surface area contributed by atoms with Crippen molar-refractivity contribution in [3.05, 3.63) is 70.2 Å². The van der Waals surface area contributed by atoms with Gasteiger partial charge in [-0.15, -0.1) is 11.3 Å². The summed E-state index contributed by atoms with van der Waals surface area (Å²) in [5.41, 5.74) is 1.06. The van der Waals surface area contributed by atoms with E-state index in [9.17, 15) is 0 Å². The Kier molecular flexibility index (Phi) is 5.96. The number of nitrogens with zero attached hydrogens (tertiary/aromatic N) is 3. The first-order valence-corrected chi connectivity index (χ1v) is 8.06. The molecule has 0 amide bonds. The Morgan fingerprint density at radius 3 is 2.43 bits per heavy atom. The zero-order chi connectivity index (χ0) is 15.1. The average molecular weight is 320 g/mol. The number of aromatic nitrogens is 3. The van der Waals surface area contributed by atoms with E-state index in [2.05, 4.69) is 27.7 Å². The molecule has 0 aliphatic heterocycles. The predicted molar refractivity (Wildman–Crippen MR) is 89.0 cm³/mol. The van der Waals surface area contributed by atoms with Gasteiger partial charge in [0, 0.05) is 22.8 Å². The van der Waals surface area contributed by atoms with Crippen LogP contribution in [-0.2, 0) is 0 Å². The molecule has 21 heavy (non-hydrogen) atoms. The van der Waals surface area contributed by atoms with Gasteiger partial charge in [-0.3, -0.25) is 0 Å². The summed E-state index contributed by atoms with van der Waals surface area (Å²) in [5, 5.41) is 3.97. The first-order chi connectivity index (χ1) is 10.2. The minimum Gasteiger partial charge on any atom is -0.327 e. The van der Waals surface area contributed by atoms with Gasteiger partial charge in [-0.1, -0.05) is 36.7 Å². The van der Waals surface area contributed by atoms with E-state index in [1.54, 1.807) is 11.3 Å². The smallest absolute Gasteiger partial charge is 0.115 e. The van der Waals surface area contributed by atoms with Gasteiger partial charge in [0.2, 0.25) is 0 Å². The highest BCUT2D eigenvalue weighted by molar-refractivity contribution is 7.09. The Morgan fingerprint density at radius 2 is 2.00 bits per heavy atom. The molecule has 0 radical (unpaired) electrons. The highest BCUT2D eigenvalue weighted by atomic mass is 35.5. The largest absolute Gasteiger partial charge is 0.327 e. The molecule has 3 nitrogen and oxygen atoms in total. The normalized spacial score (nSPS) is 11.6. The van der Waals surface area contributed by atoms with Crippen LogP contribution in [0.15, 0.2) is 54.4 Å². The molecule has 0 saturated carbocycles. The molecular weight excluding hydrogens is 302 g/mol. The third-order valence-corrected chi connectivity index (χ3v) is 4.08. The third kappa shape index (κ3) is 4.69. The van der Waals surface area contributed by atoms with Crippen molar-refractivity contribution in [1.82, 2.24) is 14.5 Å². The second kappa shape index (κ2) is 7.96. The van der Waals surface area contributed by atoms with Crippen LogP contribution in [0.5, 0.6) is 0 Å². The van der Waals surface area contributed by atoms with Gasteiger partial charge >= 0.3 is 0 Å². The number of benzene rings is 1. The Bertz CT molecular complexity index is 635. The Balaban J connectivity index is 0.000000194. The van der Waals surface area contributed by atoms with Crippen LogP contribution in [0.2, 0.25) is 5.02 Å². The van der Waals surface area contributed by atoms with Crippen molar-refractivity contribution in [2.45, 2.75) is 26.3 Å². The summed E-state index contributed by atoms with van der Waals surface area (Å²) in [4.78, 5) is 8.58.